The SMILES string of the molecule is CCCN1CCC(CN)(N2CCC(C)CC2C)CC1. The van der Waals surface area contributed by atoms with Crippen molar-refractivity contribution in [3.63, 3.8) is 0 Å². The maximum Gasteiger partial charge on any atom is 0.0358 e. The largest absolute Gasteiger partial charge is 0.329 e. The zero-order valence-electron chi connectivity index (χ0n) is 13.2. The van der Waals surface area contributed by atoms with Crippen LogP contribution in [0.2, 0.25) is 0 Å². The number of hydrogen-bond acceptors (Lipinski definition) is 3. The Morgan fingerprint density at radius 3 is 2.37 bits per heavy atom. The Morgan fingerprint density at radius 2 is 1.84 bits per heavy atom. The van der Waals surface area contributed by atoms with Crippen LogP contribution in [0.15, 0.2) is 0 Å². The molecule has 2 saturated heterocycles. The number of nitrogens with two attached hydrogens (primary N) is 1. The molecule has 0 aromatic carbocycles. The Hall–Kier alpha value is -0.120. The van der Waals surface area contributed by atoms with Crippen LogP contribution < -0.4 is 5.73 Å². The first-order valence-electron chi connectivity index (χ1n) is 8.30. The average molecular weight is 267 g/mol. The number of piperidine rings is 2. The molecule has 2 atom stereocenters. The molecule has 19 heavy (non-hydrogen) atoms. The Morgan fingerprint density at radius 1 is 1.16 bits per heavy atom. The van der Waals surface area contributed by atoms with Crippen LogP contribution >= 0.6 is 0 Å². The first-order valence-corrected chi connectivity index (χ1v) is 8.30. The van der Waals surface area contributed by atoms with Gasteiger partial charge in [-0.25, -0.2) is 0 Å². The molecule has 0 amide bonds. The van der Waals surface area contributed by atoms with Crippen molar-refractivity contribution in [2.24, 2.45) is 11.7 Å². The summed E-state index contributed by atoms with van der Waals surface area (Å²) in [5, 5.41) is 0. The van der Waals surface area contributed by atoms with Crippen molar-refractivity contribution in [2.45, 2.75) is 64.5 Å². The van der Waals surface area contributed by atoms with Crippen molar-refractivity contribution < 1.29 is 0 Å². The molecule has 0 saturated carbocycles. The Kier molecular flexibility index (Phi) is 5.27. The summed E-state index contributed by atoms with van der Waals surface area (Å²) in [6.07, 6.45) is 6.50. The predicted octanol–water partition coefficient (Wildman–Crippen LogP) is 2.31. The van der Waals surface area contributed by atoms with E-state index in [9.17, 15) is 0 Å². The minimum Gasteiger partial charge on any atom is -0.329 e. The summed E-state index contributed by atoms with van der Waals surface area (Å²) in [5.41, 5.74) is 6.52. The van der Waals surface area contributed by atoms with Gasteiger partial charge in [0.1, 0.15) is 0 Å². The fraction of sp³-hybridized carbons (Fsp3) is 1.00. The van der Waals surface area contributed by atoms with Crippen molar-refractivity contribution in [3.05, 3.63) is 0 Å². The average Bonchev–Trinajstić information content (AvgIpc) is 2.40. The summed E-state index contributed by atoms with van der Waals surface area (Å²) in [6.45, 7) is 12.9. The normalized spacial score (nSPS) is 33.5. The zero-order chi connectivity index (χ0) is 13.9. The van der Waals surface area contributed by atoms with Crippen molar-refractivity contribution >= 4 is 0 Å². The summed E-state index contributed by atoms with van der Waals surface area (Å²) in [5.74, 6) is 0.890. The topological polar surface area (TPSA) is 32.5 Å². The lowest BCUT2D eigenvalue weighted by Crippen LogP contribution is -2.63. The van der Waals surface area contributed by atoms with E-state index < -0.39 is 0 Å². The third-order valence-corrected chi connectivity index (χ3v) is 5.45. The highest BCUT2D eigenvalue weighted by Gasteiger charge is 2.42. The molecule has 2 unspecified atom stereocenters. The second kappa shape index (κ2) is 6.55. The van der Waals surface area contributed by atoms with Crippen LogP contribution in [0.3, 0.4) is 0 Å². The van der Waals surface area contributed by atoms with Gasteiger partial charge in [-0.3, -0.25) is 4.90 Å². The van der Waals surface area contributed by atoms with Gasteiger partial charge in [0.2, 0.25) is 0 Å². The molecule has 0 spiro atoms. The van der Waals surface area contributed by atoms with E-state index in [1.54, 1.807) is 0 Å². The molecule has 112 valence electrons. The highest BCUT2D eigenvalue weighted by Crippen LogP contribution is 2.35. The molecule has 2 aliphatic heterocycles. The number of likely N-dealkylation sites (tertiary alicyclic amines) is 2. The fourth-order valence-electron chi connectivity index (χ4n) is 4.23. The molecular weight excluding hydrogens is 234 g/mol. The van der Waals surface area contributed by atoms with Crippen LogP contribution in [0, 0.1) is 5.92 Å². The van der Waals surface area contributed by atoms with Gasteiger partial charge in [0, 0.05) is 18.1 Å². The molecule has 0 bridgehead atoms. The third kappa shape index (κ3) is 3.32. The molecule has 0 aliphatic carbocycles. The Bertz CT molecular complexity index is 271. The molecule has 2 rings (SSSR count). The van der Waals surface area contributed by atoms with Crippen LogP contribution in [-0.2, 0) is 0 Å². The van der Waals surface area contributed by atoms with Gasteiger partial charge in [-0.15, -0.1) is 0 Å². The molecule has 2 heterocycles. The number of rotatable bonds is 4. The van der Waals surface area contributed by atoms with E-state index >= 15 is 0 Å². The summed E-state index contributed by atoms with van der Waals surface area (Å²) in [7, 11) is 0. The van der Waals surface area contributed by atoms with E-state index in [4.69, 9.17) is 5.73 Å². The van der Waals surface area contributed by atoms with E-state index in [2.05, 4.69) is 30.6 Å². The summed E-state index contributed by atoms with van der Waals surface area (Å²) in [4.78, 5) is 5.38. The van der Waals surface area contributed by atoms with E-state index in [1.807, 2.05) is 0 Å². The lowest BCUT2D eigenvalue weighted by molar-refractivity contribution is -0.0247. The van der Waals surface area contributed by atoms with E-state index in [-0.39, 0.29) is 0 Å². The fourth-order valence-corrected chi connectivity index (χ4v) is 4.23. The summed E-state index contributed by atoms with van der Waals surface area (Å²) < 4.78 is 0. The lowest BCUT2D eigenvalue weighted by atomic mass is 9.81. The van der Waals surface area contributed by atoms with Crippen LogP contribution in [0.25, 0.3) is 0 Å². The van der Waals surface area contributed by atoms with E-state index in [0.29, 0.717) is 11.6 Å². The summed E-state index contributed by atoms with van der Waals surface area (Å²) >= 11 is 0. The smallest absolute Gasteiger partial charge is 0.0358 e. The molecular formula is C16H33N3. The Labute approximate surface area is 119 Å². The highest BCUT2D eigenvalue weighted by molar-refractivity contribution is 4.99. The van der Waals surface area contributed by atoms with E-state index in [1.165, 1.54) is 58.3 Å². The van der Waals surface area contributed by atoms with Crippen LogP contribution in [0.5, 0.6) is 0 Å². The van der Waals surface area contributed by atoms with Gasteiger partial charge >= 0.3 is 0 Å². The number of hydrogen-bond donors (Lipinski definition) is 1. The molecule has 3 nitrogen and oxygen atoms in total. The molecule has 2 fully saturated rings. The molecule has 0 aromatic rings. The second-order valence-corrected chi connectivity index (χ2v) is 6.94. The van der Waals surface area contributed by atoms with Gasteiger partial charge in [0.15, 0.2) is 0 Å². The highest BCUT2D eigenvalue weighted by atomic mass is 15.3. The zero-order valence-corrected chi connectivity index (χ0v) is 13.2. The van der Waals surface area contributed by atoms with Crippen molar-refractivity contribution in [2.75, 3.05) is 32.7 Å². The molecule has 3 heteroatoms. The van der Waals surface area contributed by atoms with Crippen LogP contribution in [0.4, 0.5) is 0 Å². The van der Waals surface area contributed by atoms with Crippen LogP contribution in [-0.4, -0.2) is 54.1 Å². The molecule has 0 radical (unpaired) electrons. The van der Waals surface area contributed by atoms with E-state index in [0.717, 1.165) is 12.5 Å². The third-order valence-electron chi connectivity index (χ3n) is 5.45. The van der Waals surface area contributed by atoms with Gasteiger partial charge in [-0.1, -0.05) is 13.8 Å². The molecule has 2 aliphatic rings. The maximum atomic E-state index is 6.23. The van der Waals surface area contributed by atoms with Gasteiger partial charge in [-0.05, 0) is 71.1 Å². The van der Waals surface area contributed by atoms with Crippen LogP contribution in [0.1, 0.15) is 52.9 Å². The molecule has 2 N–H and O–H groups in total. The quantitative estimate of drug-likeness (QED) is 0.848. The standard InChI is InChI=1S/C16H33N3/c1-4-8-18-10-6-16(13-17,7-11-18)19-9-5-14(2)12-15(19)3/h14-15H,4-13,17H2,1-3H3. The minimum absolute atomic E-state index is 0.295. The monoisotopic (exact) mass is 267 g/mol. The van der Waals surface area contributed by atoms with Gasteiger partial charge < -0.3 is 10.6 Å². The molecule has 0 aromatic heterocycles. The lowest BCUT2D eigenvalue weighted by Gasteiger charge is -2.53. The maximum absolute atomic E-state index is 6.23. The van der Waals surface area contributed by atoms with Gasteiger partial charge in [-0.2, -0.15) is 0 Å². The second-order valence-electron chi connectivity index (χ2n) is 6.94. The van der Waals surface area contributed by atoms with Crippen molar-refractivity contribution in [1.29, 1.82) is 0 Å². The van der Waals surface area contributed by atoms with Gasteiger partial charge in [0.05, 0.1) is 0 Å². The van der Waals surface area contributed by atoms with Crippen molar-refractivity contribution in [1.82, 2.24) is 9.80 Å². The predicted molar refractivity (Wildman–Crippen MR) is 82.3 cm³/mol. The number of nitrogens with zero attached hydrogens (tertiary/aromatic N) is 2. The minimum atomic E-state index is 0.295. The summed E-state index contributed by atoms with van der Waals surface area (Å²) in [6, 6.07) is 0.713. The Balaban J connectivity index is 1.99. The first kappa shape index (κ1) is 15.3. The van der Waals surface area contributed by atoms with Crippen molar-refractivity contribution in [3.8, 4) is 0 Å². The van der Waals surface area contributed by atoms with Gasteiger partial charge in [0.25, 0.3) is 0 Å². The first-order chi connectivity index (χ1) is 9.11.